The monoisotopic (exact) mass is 262 g/mol. The molecule has 2 bridgehead atoms. The second-order valence-corrected chi connectivity index (χ2v) is 7.42. The van der Waals surface area contributed by atoms with Gasteiger partial charge in [-0.1, -0.05) is 18.2 Å². The van der Waals surface area contributed by atoms with Gasteiger partial charge in [0.25, 0.3) is 0 Å². The molecule has 0 N–H and O–H groups in total. The number of hydrogen-bond acceptors (Lipinski definition) is 3. The van der Waals surface area contributed by atoms with Crippen LogP contribution in [0.4, 0.5) is 0 Å². The minimum Gasteiger partial charge on any atom is -0.400 e. The van der Waals surface area contributed by atoms with Crippen LogP contribution in [0.2, 0.25) is 0 Å². The Hall–Kier alpha value is -0.575. The summed E-state index contributed by atoms with van der Waals surface area (Å²) < 4.78 is 18.4. The van der Waals surface area contributed by atoms with E-state index in [-0.39, 0.29) is 29.5 Å². The second-order valence-electron chi connectivity index (χ2n) is 7.42. The number of ether oxygens (including phenoxy) is 1. The van der Waals surface area contributed by atoms with Crippen LogP contribution >= 0.6 is 0 Å². The Balaban J connectivity index is 1.88. The zero-order chi connectivity index (χ0) is 14.1. The summed E-state index contributed by atoms with van der Waals surface area (Å²) in [5.74, 6) is 0. The molecule has 19 heavy (non-hydrogen) atoms. The van der Waals surface area contributed by atoms with Crippen LogP contribution in [-0.2, 0) is 14.0 Å². The lowest BCUT2D eigenvalue weighted by atomic mass is 9.70. The maximum Gasteiger partial charge on any atom is 0.490 e. The van der Waals surface area contributed by atoms with Gasteiger partial charge in [0.15, 0.2) is 0 Å². The van der Waals surface area contributed by atoms with Gasteiger partial charge < -0.3 is 14.0 Å². The molecule has 0 radical (unpaired) electrons. The summed E-state index contributed by atoms with van der Waals surface area (Å²) in [7, 11) is -0.257. The standard InChI is InChI=1S/C15H23BO3/c1-12(2)13(3,4)19-16(18-12)11-9-14(5)7-8-15(6,10-11)17-14/h7-9H,10H2,1-6H3. The average molecular weight is 262 g/mol. The first kappa shape index (κ1) is 13.4. The molecular formula is C15H23BO3. The van der Waals surface area contributed by atoms with Crippen LogP contribution in [-0.4, -0.2) is 29.5 Å². The van der Waals surface area contributed by atoms with E-state index in [9.17, 15) is 0 Å². The van der Waals surface area contributed by atoms with Gasteiger partial charge in [0.2, 0.25) is 0 Å². The number of fused-ring (bicyclic) bond motifs is 2. The van der Waals surface area contributed by atoms with Crippen LogP contribution < -0.4 is 0 Å². The molecule has 3 aliphatic rings. The quantitative estimate of drug-likeness (QED) is 0.537. The van der Waals surface area contributed by atoms with Crippen molar-refractivity contribution in [2.45, 2.75) is 70.4 Å². The SMILES string of the molecule is CC12C=CC(C)(CC(B3OC(C)(C)C(C)(C)O3)=C1)O2. The van der Waals surface area contributed by atoms with Crippen molar-refractivity contribution < 1.29 is 14.0 Å². The molecular weight excluding hydrogens is 239 g/mol. The van der Waals surface area contributed by atoms with Crippen molar-refractivity contribution in [1.82, 2.24) is 0 Å². The van der Waals surface area contributed by atoms with Gasteiger partial charge in [0.1, 0.15) is 5.60 Å². The Bertz CT molecular complexity index is 464. The van der Waals surface area contributed by atoms with Crippen LogP contribution in [0.25, 0.3) is 0 Å². The summed E-state index contributed by atoms with van der Waals surface area (Å²) in [5, 5.41) is 0. The molecule has 104 valence electrons. The maximum atomic E-state index is 6.14. The van der Waals surface area contributed by atoms with Crippen molar-refractivity contribution in [2.75, 3.05) is 0 Å². The fraction of sp³-hybridized carbons (Fsp3) is 0.733. The third-order valence-corrected chi connectivity index (χ3v) is 4.80. The van der Waals surface area contributed by atoms with Crippen molar-refractivity contribution in [3.8, 4) is 0 Å². The molecule has 3 nitrogen and oxygen atoms in total. The van der Waals surface area contributed by atoms with E-state index < -0.39 is 0 Å². The second kappa shape index (κ2) is 3.54. The van der Waals surface area contributed by atoms with E-state index >= 15 is 0 Å². The van der Waals surface area contributed by atoms with Crippen molar-refractivity contribution in [3.63, 3.8) is 0 Å². The summed E-state index contributed by atoms with van der Waals surface area (Å²) in [4.78, 5) is 0. The summed E-state index contributed by atoms with van der Waals surface area (Å²) in [5.41, 5.74) is 0.0878. The molecule has 0 amide bonds. The van der Waals surface area contributed by atoms with E-state index in [2.05, 4.69) is 59.8 Å². The Labute approximate surface area is 116 Å². The molecule has 2 unspecified atom stereocenters. The zero-order valence-electron chi connectivity index (χ0n) is 12.7. The van der Waals surface area contributed by atoms with Crippen LogP contribution in [0.3, 0.4) is 0 Å². The summed E-state index contributed by atoms with van der Waals surface area (Å²) in [6.07, 6.45) is 7.27. The predicted molar refractivity (Wildman–Crippen MR) is 75.8 cm³/mol. The maximum absolute atomic E-state index is 6.14. The van der Waals surface area contributed by atoms with Gasteiger partial charge in [0.05, 0.1) is 16.8 Å². The molecule has 0 aromatic rings. The van der Waals surface area contributed by atoms with Crippen LogP contribution in [0.5, 0.6) is 0 Å². The Kier molecular flexibility index (Phi) is 2.50. The van der Waals surface area contributed by atoms with Crippen molar-refractivity contribution in [2.24, 2.45) is 0 Å². The lowest BCUT2D eigenvalue weighted by Gasteiger charge is -2.35. The van der Waals surface area contributed by atoms with Gasteiger partial charge in [-0.25, -0.2) is 0 Å². The van der Waals surface area contributed by atoms with Crippen LogP contribution in [0.1, 0.15) is 48.0 Å². The van der Waals surface area contributed by atoms with Gasteiger partial charge >= 0.3 is 7.12 Å². The van der Waals surface area contributed by atoms with Crippen molar-refractivity contribution in [3.05, 3.63) is 23.7 Å². The van der Waals surface area contributed by atoms with Crippen molar-refractivity contribution >= 4 is 7.12 Å². The zero-order valence-corrected chi connectivity index (χ0v) is 12.7. The highest BCUT2D eigenvalue weighted by Crippen LogP contribution is 2.46. The van der Waals surface area contributed by atoms with Crippen molar-refractivity contribution in [1.29, 1.82) is 0 Å². The third kappa shape index (κ3) is 2.01. The lowest BCUT2D eigenvalue weighted by molar-refractivity contribution is -0.0522. The molecule has 4 heteroatoms. The molecule has 0 aliphatic carbocycles. The highest BCUT2D eigenvalue weighted by atomic mass is 16.7. The molecule has 3 rings (SSSR count). The average Bonchev–Trinajstić information content (AvgIpc) is 2.57. The summed E-state index contributed by atoms with van der Waals surface area (Å²) in [6, 6.07) is 0. The van der Waals surface area contributed by atoms with E-state index in [1.54, 1.807) is 0 Å². The first-order valence-corrected chi connectivity index (χ1v) is 7.02. The highest BCUT2D eigenvalue weighted by Gasteiger charge is 2.55. The molecule has 0 spiro atoms. The summed E-state index contributed by atoms with van der Waals surface area (Å²) in [6.45, 7) is 12.5. The Morgan fingerprint density at radius 1 is 0.947 bits per heavy atom. The molecule has 3 aliphatic heterocycles. The van der Waals surface area contributed by atoms with Gasteiger partial charge in [-0.05, 0) is 53.4 Å². The van der Waals surface area contributed by atoms with E-state index in [0.717, 1.165) is 6.42 Å². The van der Waals surface area contributed by atoms with E-state index in [1.807, 2.05) is 0 Å². The first-order valence-electron chi connectivity index (χ1n) is 7.02. The molecule has 2 atom stereocenters. The lowest BCUT2D eigenvalue weighted by Crippen LogP contribution is -2.41. The normalized spacial score (nSPS) is 42.6. The topological polar surface area (TPSA) is 27.7 Å². The molecule has 0 saturated carbocycles. The molecule has 1 fully saturated rings. The van der Waals surface area contributed by atoms with Gasteiger partial charge in [-0.2, -0.15) is 0 Å². The molecule has 3 heterocycles. The summed E-state index contributed by atoms with van der Waals surface area (Å²) >= 11 is 0. The first-order chi connectivity index (χ1) is 8.54. The minimum atomic E-state index is -0.314. The van der Waals surface area contributed by atoms with Gasteiger partial charge in [-0.3, -0.25) is 0 Å². The predicted octanol–water partition coefficient (Wildman–Crippen LogP) is 3.05. The fourth-order valence-corrected chi connectivity index (χ4v) is 3.06. The Morgan fingerprint density at radius 3 is 2.05 bits per heavy atom. The molecule has 0 aromatic heterocycles. The van der Waals surface area contributed by atoms with E-state index in [4.69, 9.17) is 14.0 Å². The minimum absolute atomic E-state index is 0.220. The number of rotatable bonds is 1. The van der Waals surface area contributed by atoms with E-state index in [1.165, 1.54) is 5.47 Å². The largest absolute Gasteiger partial charge is 0.490 e. The van der Waals surface area contributed by atoms with Crippen LogP contribution in [0.15, 0.2) is 23.7 Å². The van der Waals surface area contributed by atoms with Crippen LogP contribution in [0, 0.1) is 0 Å². The highest BCUT2D eigenvalue weighted by molar-refractivity contribution is 6.54. The Morgan fingerprint density at radius 2 is 1.53 bits per heavy atom. The number of hydrogen-bond donors (Lipinski definition) is 0. The van der Waals surface area contributed by atoms with Gasteiger partial charge in [-0.15, -0.1) is 0 Å². The van der Waals surface area contributed by atoms with Gasteiger partial charge in [0, 0.05) is 0 Å². The third-order valence-electron chi connectivity index (χ3n) is 4.80. The van der Waals surface area contributed by atoms with E-state index in [0.29, 0.717) is 0 Å². The molecule has 0 aromatic carbocycles. The smallest absolute Gasteiger partial charge is 0.400 e. The fourth-order valence-electron chi connectivity index (χ4n) is 3.06. The molecule has 1 saturated heterocycles.